The number of aromatic nitrogens is 1. The summed E-state index contributed by atoms with van der Waals surface area (Å²) in [6.07, 6.45) is 2.11. The van der Waals surface area contributed by atoms with Crippen LogP contribution in [0.5, 0.6) is 5.75 Å². The highest BCUT2D eigenvalue weighted by atomic mass is 16.3. The van der Waals surface area contributed by atoms with Crippen molar-refractivity contribution in [3.8, 4) is 5.75 Å². The highest BCUT2D eigenvalue weighted by molar-refractivity contribution is 6.56. The van der Waals surface area contributed by atoms with Crippen LogP contribution in [0.4, 0.5) is 4.79 Å². The van der Waals surface area contributed by atoms with E-state index in [1.54, 1.807) is 6.07 Å². The maximum atomic E-state index is 10.9. The van der Waals surface area contributed by atoms with Gasteiger partial charge in [0.15, 0.2) is 5.81 Å². The first-order chi connectivity index (χ1) is 6.66. The van der Waals surface area contributed by atoms with Crippen molar-refractivity contribution in [3.63, 3.8) is 0 Å². The molecule has 0 saturated heterocycles. The Bertz CT molecular complexity index is 381. The molecule has 0 aliphatic carbocycles. The minimum Gasteiger partial charge on any atom is -0.506 e. The molecule has 1 aliphatic heterocycles. The van der Waals surface area contributed by atoms with E-state index in [0.717, 1.165) is 11.3 Å². The number of nitrogens with zero attached hydrogens (tertiary/aromatic N) is 2. The number of carbonyl (C=O) groups excluding carboxylic acids is 1. The lowest BCUT2D eigenvalue weighted by molar-refractivity contribution is 0.216. The average molecular weight is 188 g/mol. The van der Waals surface area contributed by atoms with Crippen molar-refractivity contribution < 1.29 is 9.90 Å². The van der Waals surface area contributed by atoms with Gasteiger partial charge in [-0.1, -0.05) is 0 Å². The van der Waals surface area contributed by atoms with E-state index in [4.69, 9.17) is 7.85 Å². The second-order valence-corrected chi connectivity index (χ2v) is 3.31. The Kier molecular flexibility index (Phi) is 2.15. The fourth-order valence-corrected chi connectivity index (χ4v) is 1.60. The van der Waals surface area contributed by atoms with Gasteiger partial charge < -0.3 is 10.0 Å². The molecule has 1 amide bonds. The van der Waals surface area contributed by atoms with E-state index in [0.29, 0.717) is 19.5 Å². The monoisotopic (exact) mass is 188 g/mol. The number of hydrogen-bond donors (Lipinski definition) is 1. The molecule has 1 aromatic rings. The predicted octanol–water partition coefficient (Wildman–Crippen LogP) is 0.434. The minimum atomic E-state index is -0.431. The maximum absolute atomic E-state index is 10.9. The Morgan fingerprint density at radius 2 is 2.43 bits per heavy atom. The molecule has 0 atom stereocenters. The molecule has 1 N–H and O–H groups in total. The Labute approximate surface area is 83.0 Å². The van der Waals surface area contributed by atoms with Crippen LogP contribution in [0.2, 0.25) is 0 Å². The summed E-state index contributed by atoms with van der Waals surface area (Å²) < 4.78 is 0. The van der Waals surface area contributed by atoms with Gasteiger partial charge in [-0.15, -0.1) is 0 Å². The van der Waals surface area contributed by atoms with Gasteiger partial charge in [-0.05, 0) is 11.6 Å². The molecule has 4 nitrogen and oxygen atoms in total. The second kappa shape index (κ2) is 3.33. The summed E-state index contributed by atoms with van der Waals surface area (Å²) in [6.45, 7) is 1.03. The Morgan fingerprint density at radius 1 is 1.64 bits per heavy atom. The topological polar surface area (TPSA) is 53.4 Å². The molecule has 0 aromatic carbocycles. The van der Waals surface area contributed by atoms with Gasteiger partial charge in [0.1, 0.15) is 5.75 Å². The number of hydrogen-bond acceptors (Lipinski definition) is 3. The van der Waals surface area contributed by atoms with Crippen LogP contribution in [0.15, 0.2) is 12.3 Å². The van der Waals surface area contributed by atoms with Gasteiger partial charge in [-0.3, -0.25) is 9.78 Å². The van der Waals surface area contributed by atoms with Crippen LogP contribution in [0.25, 0.3) is 0 Å². The van der Waals surface area contributed by atoms with Crippen LogP contribution in [0.3, 0.4) is 0 Å². The van der Waals surface area contributed by atoms with E-state index in [9.17, 15) is 9.90 Å². The summed E-state index contributed by atoms with van der Waals surface area (Å²) in [5.41, 5.74) is 1.80. The van der Waals surface area contributed by atoms with E-state index < -0.39 is 5.81 Å². The van der Waals surface area contributed by atoms with Crippen LogP contribution in [0, 0.1) is 0 Å². The van der Waals surface area contributed by atoms with E-state index in [1.165, 1.54) is 11.1 Å². The summed E-state index contributed by atoms with van der Waals surface area (Å²) in [5.74, 6) is -0.311. The van der Waals surface area contributed by atoms with Gasteiger partial charge in [-0.2, -0.15) is 0 Å². The number of pyridine rings is 1. The van der Waals surface area contributed by atoms with Gasteiger partial charge >= 0.3 is 0 Å². The Morgan fingerprint density at radius 3 is 3.14 bits per heavy atom. The van der Waals surface area contributed by atoms with Crippen LogP contribution in [-0.2, 0) is 13.0 Å². The summed E-state index contributed by atoms with van der Waals surface area (Å²) in [5, 5.41) is 9.22. The molecule has 0 bridgehead atoms. The van der Waals surface area contributed by atoms with Crippen LogP contribution in [0.1, 0.15) is 11.3 Å². The maximum Gasteiger partial charge on any atom is 0.200 e. The lowest BCUT2D eigenvalue weighted by atomic mass is 10.0. The van der Waals surface area contributed by atoms with Crippen molar-refractivity contribution in [2.75, 3.05) is 6.54 Å². The summed E-state index contributed by atoms with van der Waals surface area (Å²) in [4.78, 5) is 16.5. The van der Waals surface area contributed by atoms with Crippen molar-refractivity contribution in [2.45, 2.75) is 13.0 Å². The molecule has 70 valence electrons. The van der Waals surface area contributed by atoms with Crippen molar-refractivity contribution >= 4 is 13.7 Å². The fourth-order valence-electron chi connectivity index (χ4n) is 1.60. The van der Waals surface area contributed by atoms with Crippen LogP contribution >= 0.6 is 0 Å². The van der Waals surface area contributed by atoms with E-state index >= 15 is 0 Å². The molecule has 2 rings (SSSR count). The van der Waals surface area contributed by atoms with Gasteiger partial charge in [0.05, 0.1) is 6.20 Å². The first-order valence-electron chi connectivity index (χ1n) is 4.38. The van der Waals surface area contributed by atoms with E-state index in [-0.39, 0.29) is 5.75 Å². The van der Waals surface area contributed by atoms with Gasteiger partial charge in [0.25, 0.3) is 0 Å². The highest BCUT2D eigenvalue weighted by Gasteiger charge is 2.18. The molecular formula is C9H9BN2O2. The Balaban J connectivity index is 2.29. The molecule has 0 spiro atoms. The number of carbonyl (C=O) groups is 1. The standard InChI is InChI=1S/C9H9BN2O2/c10-9(14)12-2-1-8-6(5-12)3-7(13)4-11-8/h3-4,13H,1-2,5H2. The molecular weight excluding hydrogens is 179 g/mol. The molecule has 2 radical (unpaired) electrons. The molecule has 0 saturated carbocycles. The zero-order valence-corrected chi connectivity index (χ0v) is 7.60. The molecule has 0 fully saturated rings. The first kappa shape index (κ1) is 9.06. The van der Waals surface area contributed by atoms with Gasteiger partial charge in [0.2, 0.25) is 7.85 Å². The molecule has 2 heterocycles. The normalized spacial score (nSPS) is 15.0. The van der Waals surface area contributed by atoms with Crippen LogP contribution < -0.4 is 0 Å². The quantitative estimate of drug-likeness (QED) is 0.600. The molecule has 14 heavy (non-hydrogen) atoms. The van der Waals surface area contributed by atoms with Crippen molar-refractivity contribution in [1.29, 1.82) is 0 Å². The minimum absolute atomic E-state index is 0.120. The largest absolute Gasteiger partial charge is 0.506 e. The predicted molar refractivity (Wildman–Crippen MR) is 51.2 cm³/mol. The Hall–Kier alpha value is -1.52. The van der Waals surface area contributed by atoms with Gasteiger partial charge in [0, 0.05) is 25.2 Å². The smallest absolute Gasteiger partial charge is 0.200 e. The number of amides is 1. The average Bonchev–Trinajstić information content (AvgIpc) is 2.16. The third-order valence-corrected chi connectivity index (χ3v) is 2.34. The second-order valence-electron chi connectivity index (χ2n) is 3.31. The van der Waals surface area contributed by atoms with Crippen LogP contribution in [-0.4, -0.2) is 35.2 Å². The lowest BCUT2D eigenvalue weighted by Gasteiger charge is -2.27. The summed E-state index contributed by atoms with van der Waals surface area (Å²) in [7, 11) is 5.17. The molecule has 5 heteroatoms. The SMILES string of the molecule is [B]C(=O)N1CCc2ncc(O)cc2C1. The zero-order valence-electron chi connectivity index (χ0n) is 7.60. The van der Waals surface area contributed by atoms with Crippen molar-refractivity contribution in [3.05, 3.63) is 23.5 Å². The van der Waals surface area contributed by atoms with Gasteiger partial charge in [-0.25, -0.2) is 0 Å². The first-order valence-corrected chi connectivity index (χ1v) is 4.38. The van der Waals surface area contributed by atoms with E-state index in [2.05, 4.69) is 4.98 Å². The third-order valence-electron chi connectivity index (χ3n) is 2.34. The van der Waals surface area contributed by atoms with Crippen molar-refractivity contribution in [2.24, 2.45) is 0 Å². The number of rotatable bonds is 0. The van der Waals surface area contributed by atoms with Crippen molar-refractivity contribution in [1.82, 2.24) is 9.88 Å². The van der Waals surface area contributed by atoms with E-state index in [1.807, 2.05) is 0 Å². The summed E-state index contributed by atoms with van der Waals surface area (Å²) in [6, 6.07) is 1.62. The lowest BCUT2D eigenvalue weighted by Crippen LogP contribution is -2.35. The number of aromatic hydroxyl groups is 1. The zero-order chi connectivity index (χ0) is 10.1. The number of fused-ring (bicyclic) bond motifs is 1. The molecule has 1 aromatic heterocycles. The fraction of sp³-hybridized carbons (Fsp3) is 0.333. The third kappa shape index (κ3) is 1.57. The highest BCUT2D eigenvalue weighted by Crippen LogP contribution is 2.20. The molecule has 1 aliphatic rings. The molecule has 0 unspecified atom stereocenters. The summed E-state index contributed by atoms with van der Waals surface area (Å²) >= 11 is 0.